The molecule has 2 aromatic rings. The van der Waals surface area contributed by atoms with E-state index in [2.05, 4.69) is 10.6 Å². The highest BCUT2D eigenvalue weighted by Gasteiger charge is 2.33. The van der Waals surface area contributed by atoms with Crippen LogP contribution in [0.1, 0.15) is 35.2 Å². The second kappa shape index (κ2) is 8.84. The molecule has 0 bridgehead atoms. The summed E-state index contributed by atoms with van der Waals surface area (Å²) in [6.07, 6.45) is 0. The summed E-state index contributed by atoms with van der Waals surface area (Å²) in [6.45, 7) is 5.76. The maximum Gasteiger partial charge on any atom is 0.338 e. The van der Waals surface area contributed by atoms with Gasteiger partial charge in [-0.3, -0.25) is 0 Å². The Hall–Kier alpha value is -2.58. The molecule has 1 aliphatic heterocycles. The summed E-state index contributed by atoms with van der Waals surface area (Å²) < 4.78 is 24.1. The first-order valence-electron chi connectivity index (χ1n) is 8.92. The minimum Gasteiger partial charge on any atom is -0.487 e. The largest absolute Gasteiger partial charge is 0.487 e. The average Bonchev–Trinajstić information content (AvgIpc) is 3.01. The summed E-state index contributed by atoms with van der Waals surface area (Å²) in [5, 5.41) is 5.58. The van der Waals surface area contributed by atoms with Crippen molar-refractivity contribution in [1.82, 2.24) is 10.6 Å². The van der Waals surface area contributed by atoms with Crippen LogP contribution in [0.2, 0.25) is 5.02 Å². The number of carbonyl (C=O) groups excluding carboxylic acids is 2. The number of ether oxygens (including phenoxy) is 2. The monoisotopic (exact) mass is 438 g/mol. The zero-order valence-corrected chi connectivity index (χ0v) is 17.7. The maximum atomic E-state index is 13.2. The molecule has 0 saturated carbocycles. The van der Waals surface area contributed by atoms with E-state index in [1.54, 1.807) is 13.8 Å². The first-order chi connectivity index (χ1) is 13.8. The van der Waals surface area contributed by atoms with Gasteiger partial charge >= 0.3 is 12.0 Å². The Balaban J connectivity index is 1.85. The van der Waals surface area contributed by atoms with Gasteiger partial charge in [0.1, 0.15) is 18.2 Å². The topological polar surface area (TPSA) is 76.7 Å². The second-order valence-corrected chi connectivity index (χ2v) is 8.08. The molecule has 1 atom stereocenters. The van der Waals surface area contributed by atoms with Crippen molar-refractivity contribution < 1.29 is 23.5 Å². The molecule has 1 unspecified atom stereocenters. The number of hydrogen-bond donors (Lipinski definition) is 2. The Morgan fingerprint density at radius 3 is 2.76 bits per heavy atom. The predicted octanol–water partition coefficient (Wildman–Crippen LogP) is 4.62. The normalized spacial score (nSPS) is 16.3. The van der Waals surface area contributed by atoms with Crippen LogP contribution in [0.25, 0.3) is 0 Å². The number of carbonyl (C=O) groups is 2. The standard InChI is InChI=1S/C20H20ClFN2O4S/c1-4-27-19(25)17-10(2)23-20(26)24-18(17)16-7-12(11(3)29-16)9-28-15-6-5-13(22)8-14(15)21/h5-8,18H,4,9H2,1-3H3,(H2,23,24,26). The molecule has 0 spiro atoms. The van der Waals surface area contributed by atoms with E-state index < -0.39 is 17.8 Å². The number of esters is 1. The fraction of sp³-hybridized carbons (Fsp3) is 0.300. The number of thiophene rings is 1. The van der Waals surface area contributed by atoms with Crippen molar-refractivity contribution in [2.24, 2.45) is 0 Å². The Labute approximate surface area is 176 Å². The van der Waals surface area contributed by atoms with Crippen LogP contribution in [-0.2, 0) is 16.1 Å². The van der Waals surface area contributed by atoms with Gasteiger partial charge < -0.3 is 20.1 Å². The van der Waals surface area contributed by atoms with Gasteiger partial charge in [-0.2, -0.15) is 0 Å². The summed E-state index contributed by atoms with van der Waals surface area (Å²) in [7, 11) is 0. The Morgan fingerprint density at radius 2 is 2.07 bits per heavy atom. The van der Waals surface area contributed by atoms with Crippen molar-refractivity contribution in [2.45, 2.75) is 33.4 Å². The van der Waals surface area contributed by atoms with Crippen LogP contribution >= 0.6 is 22.9 Å². The summed E-state index contributed by atoms with van der Waals surface area (Å²) >= 11 is 7.45. The van der Waals surface area contributed by atoms with Gasteiger partial charge in [-0.1, -0.05) is 11.6 Å². The summed E-state index contributed by atoms with van der Waals surface area (Å²) in [5.74, 6) is -0.547. The molecule has 2 amide bonds. The van der Waals surface area contributed by atoms with E-state index in [0.29, 0.717) is 17.0 Å². The number of benzene rings is 1. The number of urea groups is 1. The van der Waals surface area contributed by atoms with E-state index in [1.165, 1.54) is 29.5 Å². The Kier molecular flexibility index (Phi) is 6.44. The minimum absolute atomic E-state index is 0.187. The smallest absolute Gasteiger partial charge is 0.338 e. The van der Waals surface area contributed by atoms with Gasteiger partial charge in [-0.15, -0.1) is 11.3 Å². The lowest BCUT2D eigenvalue weighted by molar-refractivity contribution is -0.139. The molecule has 1 aromatic heterocycles. The number of aryl methyl sites for hydroxylation is 1. The van der Waals surface area contributed by atoms with Crippen LogP contribution in [0.3, 0.4) is 0 Å². The first kappa shape index (κ1) is 21.1. The number of nitrogens with one attached hydrogen (secondary N) is 2. The Morgan fingerprint density at radius 1 is 1.31 bits per heavy atom. The van der Waals surface area contributed by atoms with Gasteiger partial charge in [0.15, 0.2) is 0 Å². The molecule has 6 nitrogen and oxygen atoms in total. The maximum absolute atomic E-state index is 13.2. The van der Waals surface area contributed by atoms with Gasteiger partial charge in [0.25, 0.3) is 0 Å². The molecule has 29 heavy (non-hydrogen) atoms. The van der Waals surface area contributed by atoms with Crippen LogP contribution in [0.15, 0.2) is 35.5 Å². The third-order valence-corrected chi connectivity index (χ3v) is 5.82. The lowest BCUT2D eigenvalue weighted by Crippen LogP contribution is -2.45. The van der Waals surface area contributed by atoms with Crippen molar-refractivity contribution >= 4 is 34.9 Å². The van der Waals surface area contributed by atoms with Gasteiger partial charge in [0.05, 0.1) is 23.2 Å². The molecule has 1 aliphatic rings. The molecule has 3 rings (SSSR count). The highest BCUT2D eigenvalue weighted by Crippen LogP contribution is 2.35. The number of halogens is 2. The minimum atomic E-state index is -0.616. The van der Waals surface area contributed by atoms with E-state index in [0.717, 1.165) is 15.3 Å². The highest BCUT2D eigenvalue weighted by atomic mass is 35.5. The van der Waals surface area contributed by atoms with Crippen LogP contribution in [-0.4, -0.2) is 18.6 Å². The molecule has 0 fully saturated rings. The third kappa shape index (κ3) is 4.71. The van der Waals surface area contributed by atoms with Crippen molar-refractivity contribution in [1.29, 1.82) is 0 Å². The quantitative estimate of drug-likeness (QED) is 0.645. The first-order valence-corrected chi connectivity index (χ1v) is 10.1. The SMILES string of the molecule is CCOC(=O)C1=C(C)NC(=O)NC1c1cc(COc2ccc(F)cc2Cl)c(C)s1. The van der Waals surface area contributed by atoms with Crippen molar-refractivity contribution in [2.75, 3.05) is 6.61 Å². The zero-order valence-electron chi connectivity index (χ0n) is 16.1. The molecular formula is C20H20ClFN2O4S. The van der Waals surface area contributed by atoms with Gasteiger partial charge in [-0.25, -0.2) is 14.0 Å². The zero-order chi connectivity index (χ0) is 21.1. The molecule has 154 valence electrons. The van der Waals surface area contributed by atoms with E-state index in [1.807, 2.05) is 13.0 Å². The van der Waals surface area contributed by atoms with Gasteiger partial charge in [0.2, 0.25) is 0 Å². The van der Waals surface area contributed by atoms with E-state index in [9.17, 15) is 14.0 Å². The fourth-order valence-corrected chi connectivity index (χ4v) is 4.29. The molecule has 9 heteroatoms. The Bertz CT molecular complexity index is 989. The number of allylic oxidation sites excluding steroid dienone is 1. The van der Waals surface area contributed by atoms with Crippen molar-refractivity contribution in [3.05, 3.63) is 61.7 Å². The van der Waals surface area contributed by atoms with Crippen LogP contribution < -0.4 is 15.4 Å². The van der Waals surface area contributed by atoms with Crippen molar-refractivity contribution in [3.63, 3.8) is 0 Å². The van der Waals surface area contributed by atoms with Crippen LogP contribution in [0.5, 0.6) is 5.75 Å². The molecule has 0 radical (unpaired) electrons. The lowest BCUT2D eigenvalue weighted by Gasteiger charge is -2.27. The molecule has 0 saturated heterocycles. The third-order valence-electron chi connectivity index (χ3n) is 4.37. The molecular weight excluding hydrogens is 419 g/mol. The number of rotatable bonds is 6. The lowest BCUT2D eigenvalue weighted by atomic mass is 10.0. The van der Waals surface area contributed by atoms with E-state index >= 15 is 0 Å². The van der Waals surface area contributed by atoms with E-state index in [-0.39, 0.29) is 24.3 Å². The van der Waals surface area contributed by atoms with Crippen LogP contribution in [0.4, 0.5) is 9.18 Å². The van der Waals surface area contributed by atoms with Gasteiger partial charge in [-0.05, 0) is 45.0 Å². The van der Waals surface area contributed by atoms with Crippen molar-refractivity contribution in [3.8, 4) is 5.75 Å². The highest BCUT2D eigenvalue weighted by molar-refractivity contribution is 7.12. The molecule has 2 heterocycles. The number of amides is 2. The van der Waals surface area contributed by atoms with Gasteiger partial charge in [0, 0.05) is 21.0 Å². The predicted molar refractivity (Wildman–Crippen MR) is 109 cm³/mol. The average molecular weight is 439 g/mol. The summed E-state index contributed by atoms with van der Waals surface area (Å²) in [6, 6.07) is 4.80. The van der Waals surface area contributed by atoms with E-state index in [4.69, 9.17) is 21.1 Å². The fourth-order valence-electron chi connectivity index (χ4n) is 2.97. The second-order valence-electron chi connectivity index (χ2n) is 6.38. The molecule has 2 N–H and O–H groups in total. The number of hydrogen-bond acceptors (Lipinski definition) is 5. The van der Waals surface area contributed by atoms with Crippen LogP contribution in [0, 0.1) is 12.7 Å². The summed E-state index contributed by atoms with van der Waals surface area (Å²) in [4.78, 5) is 26.2. The summed E-state index contributed by atoms with van der Waals surface area (Å²) in [5.41, 5.74) is 1.69. The molecule has 0 aliphatic carbocycles. The molecule has 1 aromatic carbocycles.